The van der Waals surface area contributed by atoms with Gasteiger partial charge in [-0.05, 0) is 0 Å². The molecule has 4 heteroatoms. The summed E-state index contributed by atoms with van der Waals surface area (Å²) in [5, 5.41) is 0. The number of benzene rings is 4. The minimum absolute atomic E-state index is 0.159. The molecule has 2 saturated carbocycles. The summed E-state index contributed by atoms with van der Waals surface area (Å²) in [6, 6.07) is 36.1. The molecule has 4 aromatic carbocycles. The SMILES string of the molecule is C[SiH](C)[Zr]([Cl])([Cl])([CH]1C(C2CCCCC2)=Cc2c(-c3ccccc3)cccc21)[CH]1C(C2CCCCC2)=Cc2c(-c3ccccc3)cccc21. The second-order valence-corrected chi connectivity index (χ2v) is 58.1. The van der Waals surface area contributed by atoms with Crippen LogP contribution in [0.1, 0.15) is 93.7 Å². The fraction of sp³-hybridized carbons (Fsp3) is 0.364. The van der Waals surface area contributed by atoms with Crippen LogP contribution < -0.4 is 0 Å². The number of rotatable bonds is 7. The minimum atomic E-state index is -4.91. The van der Waals surface area contributed by atoms with Gasteiger partial charge in [-0.2, -0.15) is 0 Å². The molecule has 0 amide bonds. The van der Waals surface area contributed by atoms with E-state index >= 15 is 0 Å². The van der Waals surface area contributed by atoms with Crippen LogP contribution in [0.3, 0.4) is 0 Å². The van der Waals surface area contributed by atoms with Crippen molar-refractivity contribution in [1.82, 2.24) is 0 Å². The molecule has 0 bridgehead atoms. The van der Waals surface area contributed by atoms with Gasteiger partial charge in [0.2, 0.25) is 0 Å². The van der Waals surface area contributed by atoms with Crippen molar-refractivity contribution in [1.29, 1.82) is 0 Å². The Morgan fingerprint density at radius 1 is 0.500 bits per heavy atom. The van der Waals surface area contributed by atoms with Crippen LogP contribution in [0.5, 0.6) is 0 Å². The van der Waals surface area contributed by atoms with Gasteiger partial charge in [-0.15, -0.1) is 0 Å². The summed E-state index contributed by atoms with van der Waals surface area (Å²) < 4.78 is 0.318. The van der Waals surface area contributed by atoms with Gasteiger partial charge in [-0.3, -0.25) is 0 Å². The number of fused-ring (bicyclic) bond motifs is 2. The van der Waals surface area contributed by atoms with E-state index in [0.717, 1.165) is 0 Å². The van der Waals surface area contributed by atoms with E-state index in [1.807, 2.05) is 0 Å². The van der Waals surface area contributed by atoms with Gasteiger partial charge in [0.05, 0.1) is 0 Å². The van der Waals surface area contributed by atoms with Gasteiger partial charge in [0, 0.05) is 0 Å². The fourth-order valence-electron chi connectivity index (χ4n) is 10.2. The molecule has 48 heavy (non-hydrogen) atoms. The molecule has 2 fully saturated rings. The topological polar surface area (TPSA) is 0 Å². The van der Waals surface area contributed by atoms with Crippen molar-refractivity contribution in [3.05, 3.63) is 130 Å². The first-order valence-corrected chi connectivity index (χ1v) is 35.0. The van der Waals surface area contributed by atoms with E-state index < -0.39 is 21.5 Å². The van der Waals surface area contributed by atoms with Crippen LogP contribution in [0.4, 0.5) is 0 Å². The van der Waals surface area contributed by atoms with E-state index in [1.54, 1.807) is 11.1 Å². The third-order valence-corrected chi connectivity index (χ3v) is 64.4. The molecule has 8 rings (SSSR count). The Morgan fingerprint density at radius 3 is 1.27 bits per heavy atom. The number of hydrogen-bond acceptors (Lipinski definition) is 0. The summed E-state index contributed by atoms with van der Waals surface area (Å²) in [5.74, 6) is -0.512. The molecule has 0 nitrogen and oxygen atoms in total. The van der Waals surface area contributed by atoms with Crippen LogP contribution in [-0.2, 0) is 15.6 Å². The van der Waals surface area contributed by atoms with Gasteiger partial charge in [0.1, 0.15) is 0 Å². The zero-order chi connectivity index (χ0) is 32.9. The van der Waals surface area contributed by atoms with Gasteiger partial charge < -0.3 is 0 Å². The molecule has 247 valence electrons. The third-order valence-electron chi connectivity index (χ3n) is 12.7. The van der Waals surface area contributed by atoms with E-state index in [4.69, 9.17) is 17.0 Å². The van der Waals surface area contributed by atoms with E-state index in [0.29, 0.717) is 11.8 Å². The Hall–Kier alpha value is -1.96. The summed E-state index contributed by atoms with van der Waals surface area (Å²) in [4.78, 5) is 0. The quantitative estimate of drug-likeness (QED) is 0.164. The van der Waals surface area contributed by atoms with E-state index in [-0.39, 0.29) is 7.25 Å². The van der Waals surface area contributed by atoms with E-state index in [1.165, 1.54) is 109 Å². The number of halogens is 2. The van der Waals surface area contributed by atoms with Gasteiger partial charge in [-0.1, -0.05) is 0 Å². The van der Waals surface area contributed by atoms with Crippen LogP contribution in [0, 0.1) is 11.8 Å². The van der Waals surface area contributed by atoms with Crippen molar-refractivity contribution in [3.63, 3.8) is 0 Å². The molecular weight excluding hydrogens is 719 g/mol. The van der Waals surface area contributed by atoms with Crippen LogP contribution in [0.15, 0.2) is 108 Å². The molecule has 0 heterocycles. The zero-order valence-corrected chi connectivity index (χ0v) is 33.7. The molecule has 4 aromatic rings. The maximum atomic E-state index is 8.98. The monoisotopic (exact) mass is 765 g/mol. The van der Waals surface area contributed by atoms with E-state index in [2.05, 4.69) is 122 Å². The summed E-state index contributed by atoms with van der Waals surface area (Å²) in [6.07, 6.45) is 18.2. The molecule has 0 spiro atoms. The molecule has 0 radical (unpaired) electrons. The number of allylic oxidation sites excluding steroid dienone is 2. The van der Waals surface area contributed by atoms with Gasteiger partial charge in [-0.25, -0.2) is 0 Å². The third kappa shape index (κ3) is 5.48. The predicted molar refractivity (Wildman–Crippen MR) is 209 cm³/mol. The van der Waals surface area contributed by atoms with Crippen LogP contribution in [0.2, 0.25) is 13.1 Å². The zero-order valence-electron chi connectivity index (χ0n) is 28.6. The molecule has 2 unspecified atom stereocenters. The Bertz CT molecular complexity index is 1730. The Labute approximate surface area is 297 Å². The van der Waals surface area contributed by atoms with Gasteiger partial charge >= 0.3 is 300 Å². The van der Waals surface area contributed by atoms with Gasteiger partial charge in [0.25, 0.3) is 0 Å². The van der Waals surface area contributed by atoms with Crippen molar-refractivity contribution in [2.45, 2.75) is 84.6 Å². The molecule has 4 aliphatic carbocycles. The molecule has 2 atom stereocenters. The Balaban J connectivity index is 1.38. The average molecular weight is 768 g/mol. The summed E-state index contributed by atoms with van der Waals surface area (Å²) in [6.45, 7) is 5.06. The molecule has 0 aliphatic heterocycles. The van der Waals surface area contributed by atoms with Crippen LogP contribution in [-0.4, -0.2) is 5.92 Å². The number of hydrogen-bond donors (Lipinski definition) is 0. The molecular formula is C44H49Cl2SiZr. The van der Waals surface area contributed by atoms with Crippen molar-refractivity contribution in [2.24, 2.45) is 11.8 Å². The molecule has 0 saturated heterocycles. The molecule has 0 aromatic heterocycles. The van der Waals surface area contributed by atoms with E-state index in [9.17, 15) is 0 Å². The second-order valence-electron chi connectivity index (χ2n) is 15.6. The van der Waals surface area contributed by atoms with Crippen molar-refractivity contribution < 1.29 is 15.6 Å². The molecule has 4 aliphatic rings. The standard InChI is InChI=1S/2C21H21.C2H7Si.2ClH.Zr/c2*1-3-8-16(9-4-1)19-14-18-12-7-13-20(21(18)15-19)17-10-5-2-6-11-17;1-3-2;;;/h2*2,5-7,10-16H,1,3-4,8-9H2;3H,1-2H3;2*1H;/q;;;;;+2/p-2. The maximum absolute atomic E-state index is 8.98. The first-order chi connectivity index (χ1) is 23.4. The fourth-order valence-corrected chi connectivity index (χ4v) is 41.2. The first-order valence-electron chi connectivity index (χ1n) is 18.7. The molecule has 0 N–H and O–H groups in total. The Morgan fingerprint density at radius 2 is 0.896 bits per heavy atom. The summed E-state index contributed by atoms with van der Waals surface area (Å²) >= 11 is -4.91. The normalized spacial score (nSPS) is 22.5. The summed E-state index contributed by atoms with van der Waals surface area (Å²) in [5.41, 5.74) is 14.1. The average Bonchev–Trinajstić information content (AvgIpc) is 3.74. The predicted octanol–water partition coefficient (Wildman–Crippen LogP) is 13.7. The van der Waals surface area contributed by atoms with Gasteiger partial charge in [0.15, 0.2) is 0 Å². The summed E-state index contributed by atoms with van der Waals surface area (Å²) in [7, 11) is 18.0. The first kappa shape index (κ1) is 33.2. The second kappa shape index (κ2) is 13.3. The van der Waals surface area contributed by atoms with Crippen LogP contribution in [0.25, 0.3) is 34.4 Å². The van der Waals surface area contributed by atoms with Crippen molar-refractivity contribution in [2.75, 3.05) is 0 Å². The van der Waals surface area contributed by atoms with Crippen molar-refractivity contribution in [3.8, 4) is 22.3 Å². The van der Waals surface area contributed by atoms with Crippen LogP contribution >= 0.6 is 17.0 Å². The Kier molecular flexibility index (Phi) is 9.20. The van der Waals surface area contributed by atoms with Crippen molar-refractivity contribution >= 4 is 35.1 Å².